The SMILES string of the molecule is CC(=O)OC1OC(Oc2c(-c3ccc(O)c(O)c3)oc3cc(O)cc(O)c3c2=O)C(O)C(O)C1O. The molecule has 1 aliphatic heterocycles. The molecule has 3 aromatic rings. The standard InChI is InChI=1S/C22H20O13/c1-7(23)32-21-17(30)16(29)18(31)22(35-21)34-20-15(28)14-12(27)5-9(24)6-13(14)33-19(20)8-2-3-10(25)11(26)4-8/h2-6,16-18,21-22,24-27,29-31H,1H3. The summed E-state index contributed by atoms with van der Waals surface area (Å²) in [6.07, 6.45) is -9.36. The van der Waals surface area contributed by atoms with Gasteiger partial charge in [-0.25, -0.2) is 0 Å². The van der Waals surface area contributed by atoms with E-state index in [2.05, 4.69) is 0 Å². The Kier molecular flexibility index (Phi) is 6.17. The number of aliphatic hydroxyl groups excluding tert-OH is 3. The van der Waals surface area contributed by atoms with E-state index in [0.29, 0.717) is 0 Å². The number of carbonyl (C=O) groups is 1. The summed E-state index contributed by atoms with van der Waals surface area (Å²) in [7, 11) is 0. The number of esters is 1. The summed E-state index contributed by atoms with van der Waals surface area (Å²) in [6.45, 7) is 1.01. The number of phenolic OH excluding ortho intramolecular Hbond substituents is 4. The quantitative estimate of drug-likeness (QED) is 0.189. The second kappa shape index (κ2) is 8.96. The Hall–Kier alpha value is -4.04. The van der Waals surface area contributed by atoms with Gasteiger partial charge in [0.1, 0.15) is 40.8 Å². The van der Waals surface area contributed by atoms with Crippen LogP contribution in [0.25, 0.3) is 22.3 Å². The fourth-order valence-electron chi connectivity index (χ4n) is 3.52. The summed E-state index contributed by atoms with van der Waals surface area (Å²) in [6, 6.07) is 5.26. The van der Waals surface area contributed by atoms with Crippen LogP contribution < -0.4 is 10.2 Å². The number of hydrogen-bond donors (Lipinski definition) is 7. The summed E-state index contributed by atoms with van der Waals surface area (Å²) in [5.74, 6) is -4.12. The fraction of sp³-hybridized carbons (Fsp3) is 0.273. The molecule has 0 spiro atoms. The molecule has 2 heterocycles. The Morgan fingerprint density at radius 3 is 2.23 bits per heavy atom. The minimum absolute atomic E-state index is 0.0143. The molecule has 0 radical (unpaired) electrons. The zero-order valence-electron chi connectivity index (χ0n) is 17.9. The van der Waals surface area contributed by atoms with Crippen LogP contribution >= 0.6 is 0 Å². The molecule has 5 unspecified atom stereocenters. The van der Waals surface area contributed by atoms with Crippen LogP contribution in [0.2, 0.25) is 0 Å². The lowest BCUT2D eigenvalue weighted by molar-refractivity contribution is -0.324. The Morgan fingerprint density at radius 1 is 0.886 bits per heavy atom. The van der Waals surface area contributed by atoms with Crippen LogP contribution in [-0.2, 0) is 14.3 Å². The first-order valence-electron chi connectivity index (χ1n) is 10.1. The lowest BCUT2D eigenvalue weighted by Crippen LogP contribution is -2.60. The minimum Gasteiger partial charge on any atom is -0.508 e. The number of carbonyl (C=O) groups excluding carboxylic acids is 1. The third-order valence-electron chi connectivity index (χ3n) is 5.20. The summed E-state index contributed by atoms with van der Waals surface area (Å²) < 4.78 is 21.2. The van der Waals surface area contributed by atoms with Gasteiger partial charge in [0.25, 0.3) is 0 Å². The number of benzene rings is 2. The third-order valence-corrected chi connectivity index (χ3v) is 5.20. The van der Waals surface area contributed by atoms with Gasteiger partial charge in [0, 0.05) is 24.6 Å². The smallest absolute Gasteiger partial charge is 0.305 e. The predicted octanol–water partition coefficient (Wildman–Crippen LogP) is -0.0106. The summed E-state index contributed by atoms with van der Waals surface area (Å²) in [4.78, 5) is 24.6. The van der Waals surface area contributed by atoms with Crippen LogP contribution in [0.3, 0.4) is 0 Å². The van der Waals surface area contributed by atoms with Crippen LogP contribution in [-0.4, -0.2) is 72.6 Å². The van der Waals surface area contributed by atoms with Gasteiger partial charge < -0.3 is 49.6 Å². The van der Waals surface area contributed by atoms with E-state index in [-0.39, 0.29) is 16.9 Å². The maximum atomic E-state index is 13.3. The second-order valence-electron chi connectivity index (χ2n) is 7.70. The summed E-state index contributed by atoms with van der Waals surface area (Å²) in [5.41, 5.74) is -1.30. The van der Waals surface area contributed by atoms with Gasteiger partial charge in [0.15, 0.2) is 17.3 Å². The molecular formula is C22H20O13. The largest absolute Gasteiger partial charge is 0.508 e. The molecule has 5 atom stereocenters. The van der Waals surface area contributed by atoms with Gasteiger partial charge in [-0.15, -0.1) is 0 Å². The van der Waals surface area contributed by atoms with Crippen LogP contribution in [0.15, 0.2) is 39.5 Å². The molecule has 1 aliphatic rings. The Balaban J connectivity index is 1.88. The first-order valence-corrected chi connectivity index (χ1v) is 10.1. The van der Waals surface area contributed by atoms with Crippen molar-refractivity contribution in [3.05, 3.63) is 40.6 Å². The molecule has 0 aliphatic carbocycles. The number of aliphatic hydroxyl groups is 3. The van der Waals surface area contributed by atoms with Gasteiger partial charge in [-0.3, -0.25) is 14.3 Å². The molecule has 0 amide bonds. The molecular weight excluding hydrogens is 472 g/mol. The van der Waals surface area contributed by atoms with E-state index in [4.69, 9.17) is 18.6 Å². The lowest BCUT2D eigenvalue weighted by Gasteiger charge is -2.39. The maximum Gasteiger partial charge on any atom is 0.305 e. The van der Waals surface area contributed by atoms with Gasteiger partial charge in [-0.1, -0.05) is 0 Å². The molecule has 35 heavy (non-hydrogen) atoms. The highest BCUT2D eigenvalue weighted by atomic mass is 16.8. The number of ether oxygens (including phenoxy) is 3. The Morgan fingerprint density at radius 2 is 1.57 bits per heavy atom. The van der Waals surface area contributed by atoms with Crippen molar-refractivity contribution < 1.29 is 59.2 Å². The van der Waals surface area contributed by atoms with Crippen molar-refractivity contribution in [3.8, 4) is 40.1 Å². The van der Waals surface area contributed by atoms with E-state index in [9.17, 15) is 45.3 Å². The van der Waals surface area contributed by atoms with E-state index in [0.717, 1.165) is 31.2 Å². The predicted molar refractivity (Wildman–Crippen MR) is 114 cm³/mol. The highest BCUT2D eigenvalue weighted by Crippen LogP contribution is 2.39. The van der Waals surface area contributed by atoms with E-state index in [1.165, 1.54) is 6.07 Å². The number of rotatable bonds is 4. The molecule has 186 valence electrons. The van der Waals surface area contributed by atoms with Crippen molar-refractivity contribution in [3.63, 3.8) is 0 Å². The van der Waals surface area contributed by atoms with Gasteiger partial charge >= 0.3 is 5.97 Å². The van der Waals surface area contributed by atoms with E-state index in [1.54, 1.807) is 0 Å². The highest BCUT2D eigenvalue weighted by molar-refractivity contribution is 5.88. The molecule has 0 saturated carbocycles. The van der Waals surface area contributed by atoms with Crippen molar-refractivity contribution >= 4 is 16.9 Å². The molecule has 1 aromatic heterocycles. The second-order valence-corrected chi connectivity index (χ2v) is 7.70. The van der Waals surface area contributed by atoms with Crippen LogP contribution in [0.5, 0.6) is 28.7 Å². The van der Waals surface area contributed by atoms with E-state index in [1.807, 2.05) is 0 Å². The van der Waals surface area contributed by atoms with Gasteiger partial charge in [0.2, 0.25) is 23.8 Å². The molecule has 2 aromatic carbocycles. The van der Waals surface area contributed by atoms with Crippen molar-refractivity contribution in [1.82, 2.24) is 0 Å². The number of phenols is 4. The average Bonchev–Trinajstić information content (AvgIpc) is 2.78. The van der Waals surface area contributed by atoms with E-state index >= 15 is 0 Å². The molecule has 7 N–H and O–H groups in total. The normalized spacial score (nSPS) is 24.3. The van der Waals surface area contributed by atoms with Crippen molar-refractivity contribution in [2.24, 2.45) is 0 Å². The molecule has 13 nitrogen and oxygen atoms in total. The van der Waals surface area contributed by atoms with Gasteiger partial charge in [-0.05, 0) is 18.2 Å². The van der Waals surface area contributed by atoms with Crippen molar-refractivity contribution in [2.45, 2.75) is 37.8 Å². The number of aromatic hydroxyl groups is 4. The molecule has 1 saturated heterocycles. The van der Waals surface area contributed by atoms with Crippen molar-refractivity contribution in [1.29, 1.82) is 0 Å². The van der Waals surface area contributed by atoms with Crippen LogP contribution in [0.4, 0.5) is 0 Å². The summed E-state index contributed by atoms with van der Waals surface area (Å²) >= 11 is 0. The number of hydrogen-bond acceptors (Lipinski definition) is 13. The van der Waals surface area contributed by atoms with Gasteiger partial charge in [0.05, 0.1) is 0 Å². The zero-order valence-corrected chi connectivity index (χ0v) is 17.9. The maximum absolute atomic E-state index is 13.3. The zero-order chi connectivity index (χ0) is 25.6. The van der Waals surface area contributed by atoms with Crippen LogP contribution in [0, 0.1) is 0 Å². The van der Waals surface area contributed by atoms with E-state index < -0.39 is 76.4 Å². The summed E-state index contributed by atoms with van der Waals surface area (Å²) in [5, 5.41) is 69.7. The first kappa shape index (κ1) is 24.1. The molecule has 0 bridgehead atoms. The van der Waals surface area contributed by atoms with Crippen molar-refractivity contribution in [2.75, 3.05) is 0 Å². The average molecular weight is 492 g/mol. The Bertz CT molecular complexity index is 1350. The highest BCUT2D eigenvalue weighted by Gasteiger charge is 2.47. The first-order chi connectivity index (χ1) is 16.5. The fourth-order valence-corrected chi connectivity index (χ4v) is 3.52. The third kappa shape index (κ3) is 4.40. The molecule has 1 fully saturated rings. The molecule has 4 rings (SSSR count). The Labute approximate surface area is 195 Å². The minimum atomic E-state index is -1.94. The lowest BCUT2D eigenvalue weighted by atomic mass is 10.0. The van der Waals surface area contributed by atoms with Gasteiger partial charge in [-0.2, -0.15) is 0 Å². The topological polar surface area (TPSA) is 217 Å². The number of fused-ring (bicyclic) bond motifs is 1. The monoisotopic (exact) mass is 492 g/mol. The van der Waals surface area contributed by atoms with Crippen LogP contribution in [0.1, 0.15) is 6.92 Å². The molecule has 13 heteroatoms.